The van der Waals surface area contributed by atoms with Crippen molar-refractivity contribution in [3.63, 3.8) is 0 Å². The number of amides is 2. The summed E-state index contributed by atoms with van der Waals surface area (Å²) in [6, 6.07) is 9.31. The van der Waals surface area contributed by atoms with E-state index in [0.29, 0.717) is 24.6 Å². The Morgan fingerprint density at radius 1 is 1.16 bits per heavy atom. The molecular formula is C20H24N2O2S. The van der Waals surface area contributed by atoms with E-state index in [9.17, 15) is 9.59 Å². The topological polar surface area (TPSA) is 40.6 Å². The van der Waals surface area contributed by atoms with E-state index in [4.69, 9.17) is 0 Å². The van der Waals surface area contributed by atoms with Crippen molar-refractivity contribution in [2.75, 3.05) is 19.6 Å². The third-order valence-corrected chi connectivity index (χ3v) is 5.26. The molecule has 5 heteroatoms. The van der Waals surface area contributed by atoms with E-state index in [1.54, 1.807) is 16.2 Å². The summed E-state index contributed by atoms with van der Waals surface area (Å²) >= 11 is 1.66. The summed E-state index contributed by atoms with van der Waals surface area (Å²) in [5, 5.41) is 4.13. The van der Waals surface area contributed by atoms with Gasteiger partial charge in [0.2, 0.25) is 5.91 Å². The number of hydrogen-bond donors (Lipinski definition) is 0. The lowest BCUT2D eigenvalue weighted by Gasteiger charge is -2.39. The van der Waals surface area contributed by atoms with Gasteiger partial charge in [-0.3, -0.25) is 9.59 Å². The minimum Gasteiger partial charge on any atom is -0.339 e. The van der Waals surface area contributed by atoms with Gasteiger partial charge in [0, 0.05) is 25.2 Å². The van der Waals surface area contributed by atoms with Gasteiger partial charge in [-0.2, -0.15) is 11.3 Å². The number of carbonyl (C=O) groups is 2. The molecule has 132 valence electrons. The number of rotatable bonds is 4. The summed E-state index contributed by atoms with van der Waals surface area (Å²) in [5.41, 5.74) is 2.90. The maximum Gasteiger partial charge on any atom is 0.254 e. The first-order valence-corrected chi connectivity index (χ1v) is 9.64. The molecule has 2 aromatic rings. The van der Waals surface area contributed by atoms with Crippen LogP contribution in [0.25, 0.3) is 11.1 Å². The monoisotopic (exact) mass is 356 g/mol. The Morgan fingerprint density at radius 2 is 1.88 bits per heavy atom. The average Bonchev–Trinajstić information content (AvgIpc) is 3.13. The third-order valence-electron chi connectivity index (χ3n) is 4.58. The van der Waals surface area contributed by atoms with Gasteiger partial charge >= 0.3 is 0 Å². The second-order valence-corrected chi connectivity index (χ2v) is 7.72. The SMILES string of the molecule is CC(C)CN1CCN(C(=O)c2ccc(-c3ccsc3)cc2)[C@@H](C)C1=O. The van der Waals surface area contributed by atoms with E-state index >= 15 is 0 Å². The van der Waals surface area contributed by atoms with Gasteiger partial charge in [0.1, 0.15) is 6.04 Å². The molecule has 1 aromatic carbocycles. The molecule has 0 unspecified atom stereocenters. The van der Waals surface area contributed by atoms with Gasteiger partial charge in [0.25, 0.3) is 5.91 Å². The zero-order chi connectivity index (χ0) is 18.0. The zero-order valence-corrected chi connectivity index (χ0v) is 15.8. The molecule has 0 aliphatic carbocycles. The van der Waals surface area contributed by atoms with Gasteiger partial charge in [-0.05, 0) is 52.9 Å². The molecule has 0 saturated carbocycles. The highest BCUT2D eigenvalue weighted by Crippen LogP contribution is 2.23. The summed E-state index contributed by atoms with van der Waals surface area (Å²) in [4.78, 5) is 29.0. The molecule has 1 saturated heterocycles. The van der Waals surface area contributed by atoms with Gasteiger partial charge in [-0.15, -0.1) is 0 Å². The van der Waals surface area contributed by atoms with Crippen LogP contribution in [0.3, 0.4) is 0 Å². The highest BCUT2D eigenvalue weighted by atomic mass is 32.1. The lowest BCUT2D eigenvalue weighted by molar-refractivity contribution is -0.140. The van der Waals surface area contributed by atoms with Crippen LogP contribution in [0.4, 0.5) is 0 Å². The van der Waals surface area contributed by atoms with Crippen LogP contribution in [0, 0.1) is 5.92 Å². The molecule has 1 aliphatic heterocycles. The molecule has 0 bridgehead atoms. The lowest BCUT2D eigenvalue weighted by atomic mass is 10.0. The lowest BCUT2D eigenvalue weighted by Crippen LogP contribution is -2.58. The molecule has 1 atom stereocenters. The third kappa shape index (κ3) is 3.76. The Kier molecular flexibility index (Phi) is 5.23. The van der Waals surface area contributed by atoms with E-state index in [2.05, 4.69) is 25.3 Å². The quantitative estimate of drug-likeness (QED) is 0.837. The summed E-state index contributed by atoms with van der Waals surface area (Å²) in [5.74, 6) is 0.410. The number of hydrogen-bond acceptors (Lipinski definition) is 3. The molecule has 25 heavy (non-hydrogen) atoms. The molecule has 0 radical (unpaired) electrons. The van der Waals surface area contributed by atoms with Crippen molar-refractivity contribution in [1.82, 2.24) is 9.80 Å². The van der Waals surface area contributed by atoms with Crippen molar-refractivity contribution >= 4 is 23.2 Å². The zero-order valence-electron chi connectivity index (χ0n) is 14.9. The van der Waals surface area contributed by atoms with Crippen LogP contribution in [0.1, 0.15) is 31.1 Å². The Labute approximate surface area is 153 Å². The van der Waals surface area contributed by atoms with E-state index in [0.717, 1.165) is 17.7 Å². The Hall–Kier alpha value is -2.14. The maximum atomic E-state index is 12.8. The van der Waals surface area contributed by atoms with Gasteiger partial charge in [0.05, 0.1) is 0 Å². The fourth-order valence-electron chi connectivity index (χ4n) is 3.23. The minimum atomic E-state index is -0.406. The summed E-state index contributed by atoms with van der Waals surface area (Å²) in [7, 11) is 0. The van der Waals surface area contributed by atoms with Crippen LogP contribution in [0.5, 0.6) is 0 Å². The smallest absolute Gasteiger partial charge is 0.254 e. The molecule has 2 heterocycles. The Bertz CT molecular complexity index is 738. The van der Waals surface area contributed by atoms with Gasteiger partial charge < -0.3 is 9.80 Å². The van der Waals surface area contributed by atoms with E-state index in [1.807, 2.05) is 41.5 Å². The molecule has 1 fully saturated rings. The Balaban J connectivity index is 1.72. The van der Waals surface area contributed by atoms with Crippen LogP contribution in [0.15, 0.2) is 41.1 Å². The highest BCUT2D eigenvalue weighted by molar-refractivity contribution is 7.08. The van der Waals surface area contributed by atoms with Crippen LogP contribution < -0.4 is 0 Å². The number of nitrogens with zero attached hydrogens (tertiary/aromatic N) is 2. The van der Waals surface area contributed by atoms with Gasteiger partial charge in [0.15, 0.2) is 0 Å². The van der Waals surface area contributed by atoms with Crippen molar-refractivity contribution in [3.05, 3.63) is 46.7 Å². The van der Waals surface area contributed by atoms with Crippen LogP contribution in [-0.4, -0.2) is 47.3 Å². The predicted octanol–water partition coefficient (Wildman–Crippen LogP) is 3.74. The fourth-order valence-corrected chi connectivity index (χ4v) is 3.89. The number of piperazine rings is 1. The van der Waals surface area contributed by atoms with E-state index < -0.39 is 6.04 Å². The molecule has 1 aromatic heterocycles. The second-order valence-electron chi connectivity index (χ2n) is 6.94. The van der Waals surface area contributed by atoms with Crippen molar-refractivity contribution in [3.8, 4) is 11.1 Å². The molecular weight excluding hydrogens is 332 g/mol. The number of thiophene rings is 1. The van der Waals surface area contributed by atoms with E-state index in [1.165, 1.54) is 0 Å². The summed E-state index contributed by atoms with van der Waals surface area (Å²) in [6.45, 7) is 7.98. The first-order valence-electron chi connectivity index (χ1n) is 8.69. The molecule has 0 N–H and O–H groups in total. The summed E-state index contributed by atoms with van der Waals surface area (Å²) in [6.07, 6.45) is 0. The van der Waals surface area contributed by atoms with Crippen molar-refractivity contribution in [2.45, 2.75) is 26.8 Å². The number of carbonyl (C=O) groups excluding carboxylic acids is 2. The average molecular weight is 356 g/mol. The standard InChI is InChI=1S/C20H24N2O2S/c1-14(2)12-21-9-10-22(15(3)19(21)23)20(24)17-6-4-16(5-7-17)18-8-11-25-13-18/h4-8,11,13-15H,9-10,12H2,1-3H3/t15-/m0/s1. The van der Waals surface area contributed by atoms with Crippen LogP contribution in [-0.2, 0) is 4.79 Å². The number of benzene rings is 1. The minimum absolute atomic E-state index is 0.0446. The largest absolute Gasteiger partial charge is 0.339 e. The molecule has 3 rings (SSSR count). The van der Waals surface area contributed by atoms with Crippen LogP contribution >= 0.6 is 11.3 Å². The highest BCUT2D eigenvalue weighted by Gasteiger charge is 2.34. The van der Waals surface area contributed by atoms with Crippen molar-refractivity contribution < 1.29 is 9.59 Å². The first-order chi connectivity index (χ1) is 12.0. The Morgan fingerprint density at radius 3 is 2.48 bits per heavy atom. The summed E-state index contributed by atoms with van der Waals surface area (Å²) < 4.78 is 0. The van der Waals surface area contributed by atoms with Crippen LogP contribution in [0.2, 0.25) is 0 Å². The van der Waals surface area contributed by atoms with Crippen molar-refractivity contribution in [2.24, 2.45) is 5.92 Å². The molecule has 0 spiro atoms. The second kappa shape index (κ2) is 7.40. The first kappa shape index (κ1) is 17.7. The maximum absolute atomic E-state index is 12.8. The normalized spacial score (nSPS) is 18.1. The predicted molar refractivity (Wildman–Crippen MR) is 102 cm³/mol. The van der Waals surface area contributed by atoms with Crippen molar-refractivity contribution in [1.29, 1.82) is 0 Å². The fraction of sp³-hybridized carbons (Fsp3) is 0.400. The van der Waals surface area contributed by atoms with E-state index in [-0.39, 0.29) is 11.8 Å². The molecule has 2 amide bonds. The molecule has 1 aliphatic rings. The van der Waals surface area contributed by atoms with Gasteiger partial charge in [-0.1, -0.05) is 26.0 Å². The molecule has 4 nitrogen and oxygen atoms in total. The van der Waals surface area contributed by atoms with Gasteiger partial charge in [-0.25, -0.2) is 0 Å².